The summed E-state index contributed by atoms with van der Waals surface area (Å²) in [4.78, 5) is 9.09. The molecule has 0 radical (unpaired) electrons. The van der Waals surface area contributed by atoms with Gasteiger partial charge in [-0.2, -0.15) is 10.2 Å². The standard InChI is InChI=1S/C18H22N6/c19-8-2-10-21-17-16(14-5-6-14)12-22-18(24-17)23-15-4-1-3-13(11-15)7-9-20/h1,3-4,11-12,14H,2,5-8,10,19H2,(H2,21,22,23,24). The molecule has 1 aliphatic rings. The van der Waals surface area contributed by atoms with Gasteiger partial charge in [-0.1, -0.05) is 12.1 Å². The number of nitrogens with one attached hydrogen (secondary N) is 2. The second-order valence-electron chi connectivity index (χ2n) is 6.00. The quantitative estimate of drug-likeness (QED) is 0.646. The average molecular weight is 322 g/mol. The molecule has 6 nitrogen and oxygen atoms in total. The highest BCUT2D eigenvalue weighted by molar-refractivity contribution is 5.58. The molecule has 0 unspecified atom stereocenters. The lowest BCUT2D eigenvalue weighted by atomic mass is 10.1. The van der Waals surface area contributed by atoms with Gasteiger partial charge in [-0.15, -0.1) is 0 Å². The Bertz CT molecular complexity index is 733. The van der Waals surface area contributed by atoms with E-state index in [0.29, 0.717) is 24.8 Å². The third kappa shape index (κ3) is 4.21. The van der Waals surface area contributed by atoms with Gasteiger partial charge in [-0.05, 0) is 49.4 Å². The molecular weight excluding hydrogens is 300 g/mol. The number of rotatable bonds is 8. The number of nitrogens with zero attached hydrogens (tertiary/aromatic N) is 3. The van der Waals surface area contributed by atoms with Crippen LogP contribution in [0.15, 0.2) is 30.5 Å². The first kappa shape index (κ1) is 16.2. The molecule has 1 heterocycles. The van der Waals surface area contributed by atoms with Gasteiger partial charge in [0.2, 0.25) is 5.95 Å². The van der Waals surface area contributed by atoms with Crippen LogP contribution in [0.4, 0.5) is 17.5 Å². The van der Waals surface area contributed by atoms with E-state index in [1.165, 1.54) is 18.4 Å². The second-order valence-corrected chi connectivity index (χ2v) is 6.00. The van der Waals surface area contributed by atoms with Gasteiger partial charge >= 0.3 is 0 Å². The van der Waals surface area contributed by atoms with Gasteiger partial charge in [-0.25, -0.2) is 4.98 Å². The maximum atomic E-state index is 8.82. The van der Waals surface area contributed by atoms with Gasteiger partial charge < -0.3 is 16.4 Å². The van der Waals surface area contributed by atoms with E-state index in [4.69, 9.17) is 11.0 Å². The summed E-state index contributed by atoms with van der Waals surface area (Å²) in [6, 6.07) is 9.91. The van der Waals surface area contributed by atoms with Crippen molar-refractivity contribution in [1.29, 1.82) is 5.26 Å². The van der Waals surface area contributed by atoms with E-state index in [9.17, 15) is 0 Å². The Hall–Kier alpha value is -2.65. The van der Waals surface area contributed by atoms with Crippen LogP contribution >= 0.6 is 0 Å². The number of hydrogen-bond donors (Lipinski definition) is 3. The number of aromatic nitrogens is 2. The van der Waals surface area contributed by atoms with Crippen LogP contribution in [0, 0.1) is 11.3 Å². The van der Waals surface area contributed by atoms with Crippen molar-refractivity contribution in [3.8, 4) is 6.07 Å². The molecule has 0 aliphatic heterocycles. The molecule has 2 aromatic rings. The highest BCUT2D eigenvalue weighted by Crippen LogP contribution is 2.42. The minimum absolute atomic E-state index is 0.392. The Kier molecular flexibility index (Phi) is 5.24. The van der Waals surface area contributed by atoms with Crippen molar-refractivity contribution in [3.05, 3.63) is 41.6 Å². The predicted molar refractivity (Wildman–Crippen MR) is 95.2 cm³/mol. The molecule has 1 aromatic carbocycles. The van der Waals surface area contributed by atoms with Crippen LogP contribution in [0.3, 0.4) is 0 Å². The topological polar surface area (TPSA) is 99.7 Å². The van der Waals surface area contributed by atoms with Crippen molar-refractivity contribution >= 4 is 17.5 Å². The summed E-state index contributed by atoms with van der Waals surface area (Å²) in [5, 5.41) is 15.4. The van der Waals surface area contributed by atoms with Crippen molar-refractivity contribution in [2.75, 3.05) is 23.7 Å². The summed E-state index contributed by atoms with van der Waals surface area (Å²) in [5.41, 5.74) is 8.61. The summed E-state index contributed by atoms with van der Waals surface area (Å²) >= 11 is 0. The molecule has 0 bridgehead atoms. The molecule has 124 valence electrons. The third-order valence-corrected chi connectivity index (χ3v) is 3.97. The fourth-order valence-corrected chi connectivity index (χ4v) is 2.57. The maximum absolute atomic E-state index is 8.82. The van der Waals surface area contributed by atoms with Gasteiger partial charge in [0.15, 0.2) is 0 Å². The first-order chi connectivity index (χ1) is 11.8. The predicted octanol–water partition coefficient (Wildman–Crippen LogP) is 2.92. The summed E-state index contributed by atoms with van der Waals surface area (Å²) in [7, 11) is 0. The smallest absolute Gasteiger partial charge is 0.229 e. The molecule has 24 heavy (non-hydrogen) atoms. The third-order valence-electron chi connectivity index (χ3n) is 3.97. The highest BCUT2D eigenvalue weighted by atomic mass is 15.1. The van der Waals surface area contributed by atoms with E-state index in [2.05, 4.69) is 26.7 Å². The Labute approximate surface area is 142 Å². The molecular formula is C18H22N6. The minimum Gasteiger partial charge on any atom is -0.370 e. The molecule has 4 N–H and O–H groups in total. The summed E-state index contributed by atoms with van der Waals surface area (Å²) in [6.07, 6.45) is 5.63. The molecule has 0 saturated heterocycles. The van der Waals surface area contributed by atoms with Crippen molar-refractivity contribution in [1.82, 2.24) is 9.97 Å². The zero-order valence-corrected chi connectivity index (χ0v) is 13.6. The largest absolute Gasteiger partial charge is 0.370 e. The minimum atomic E-state index is 0.392. The van der Waals surface area contributed by atoms with Crippen LogP contribution in [0.2, 0.25) is 0 Å². The number of nitriles is 1. The Morgan fingerprint density at radius 2 is 2.21 bits per heavy atom. The van der Waals surface area contributed by atoms with Crippen LogP contribution in [0.5, 0.6) is 0 Å². The van der Waals surface area contributed by atoms with E-state index < -0.39 is 0 Å². The molecule has 1 aliphatic carbocycles. The van der Waals surface area contributed by atoms with Gasteiger partial charge in [0.05, 0.1) is 12.5 Å². The van der Waals surface area contributed by atoms with Crippen LogP contribution in [0.25, 0.3) is 0 Å². The number of anilines is 3. The molecule has 1 saturated carbocycles. The molecule has 6 heteroatoms. The molecule has 0 atom stereocenters. The fourth-order valence-electron chi connectivity index (χ4n) is 2.57. The second kappa shape index (κ2) is 7.75. The Morgan fingerprint density at radius 1 is 1.33 bits per heavy atom. The van der Waals surface area contributed by atoms with E-state index in [-0.39, 0.29) is 0 Å². The van der Waals surface area contributed by atoms with Gasteiger partial charge in [0.25, 0.3) is 0 Å². The lowest BCUT2D eigenvalue weighted by Crippen LogP contribution is -2.12. The van der Waals surface area contributed by atoms with E-state index in [1.807, 2.05) is 30.5 Å². The fraction of sp³-hybridized carbons (Fsp3) is 0.389. The zero-order valence-electron chi connectivity index (χ0n) is 13.6. The van der Waals surface area contributed by atoms with Crippen LogP contribution in [-0.4, -0.2) is 23.1 Å². The lowest BCUT2D eigenvalue weighted by molar-refractivity contribution is 0.865. The SMILES string of the molecule is N#CCc1cccc(Nc2ncc(C3CC3)c(NCCCN)n2)c1. The molecule has 1 aromatic heterocycles. The normalized spacial score (nSPS) is 13.3. The first-order valence-electron chi connectivity index (χ1n) is 8.34. The molecule has 0 amide bonds. The van der Waals surface area contributed by atoms with Gasteiger partial charge in [0.1, 0.15) is 5.82 Å². The molecule has 3 rings (SSSR count). The van der Waals surface area contributed by atoms with Crippen LogP contribution in [-0.2, 0) is 6.42 Å². The van der Waals surface area contributed by atoms with E-state index in [1.54, 1.807) is 0 Å². The number of benzene rings is 1. The summed E-state index contributed by atoms with van der Waals surface area (Å²) in [5.74, 6) is 2.04. The Morgan fingerprint density at radius 3 is 2.96 bits per heavy atom. The van der Waals surface area contributed by atoms with E-state index >= 15 is 0 Å². The monoisotopic (exact) mass is 322 g/mol. The number of nitrogens with two attached hydrogens (primary N) is 1. The van der Waals surface area contributed by atoms with Crippen molar-refractivity contribution in [2.45, 2.75) is 31.6 Å². The molecule has 0 spiro atoms. The van der Waals surface area contributed by atoms with Gasteiger partial charge in [0, 0.05) is 24.0 Å². The van der Waals surface area contributed by atoms with E-state index in [0.717, 1.165) is 30.0 Å². The maximum Gasteiger partial charge on any atom is 0.229 e. The zero-order chi connectivity index (χ0) is 16.8. The van der Waals surface area contributed by atoms with Crippen molar-refractivity contribution in [3.63, 3.8) is 0 Å². The number of hydrogen-bond acceptors (Lipinski definition) is 6. The van der Waals surface area contributed by atoms with Crippen molar-refractivity contribution < 1.29 is 0 Å². The first-order valence-corrected chi connectivity index (χ1v) is 8.34. The van der Waals surface area contributed by atoms with Crippen LogP contribution < -0.4 is 16.4 Å². The van der Waals surface area contributed by atoms with Crippen molar-refractivity contribution in [2.24, 2.45) is 5.73 Å². The average Bonchev–Trinajstić information content (AvgIpc) is 3.41. The Balaban J connectivity index is 1.76. The summed E-state index contributed by atoms with van der Waals surface area (Å²) < 4.78 is 0. The highest BCUT2D eigenvalue weighted by Gasteiger charge is 2.27. The summed E-state index contributed by atoms with van der Waals surface area (Å²) in [6.45, 7) is 1.47. The molecule has 1 fully saturated rings. The van der Waals surface area contributed by atoms with Gasteiger partial charge in [-0.3, -0.25) is 0 Å². The lowest BCUT2D eigenvalue weighted by Gasteiger charge is -2.12. The van der Waals surface area contributed by atoms with Crippen LogP contribution in [0.1, 0.15) is 36.3 Å².